The molecule has 2 N–H and O–H groups in total. The maximum Gasteiger partial charge on any atom is 0.274 e. The van der Waals surface area contributed by atoms with Crippen molar-refractivity contribution in [2.75, 3.05) is 13.2 Å². The minimum atomic E-state index is -0.988. The summed E-state index contributed by atoms with van der Waals surface area (Å²) in [6.45, 7) is 1.16. The van der Waals surface area contributed by atoms with Crippen LogP contribution in [-0.4, -0.2) is 45.6 Å². The zero-order chi connectivity index (χ0) is 22.3. The van der Waals surface area contributed by atoms with E-state index in [1.807, 2.05) is 0 Å². The van der Waals surface area contributed by atoms with Crippen LogP contribution in [0.4, 0.5) is 8.78 Å². The van der Waals surface area contributed by atoms with Gasteiger partial charge in [0.25, 0.3) is 11.8 Å². The van der Waals surface area contributed by atoms with Crippen molar-refractivity contribution in [2.24, 2.45) is 0 Å². The standard InChI is InChI=1S/C22H23F2N3O4/c1-12-5-6-13(17(24)7-12)9-25-21(30)16-11-26-15-4-2-3-14(8-23)27(10-15)22(31)18(26)20(29)19(16)28/h5-7,11,14-15,29H,2-4,8-10H2,1H3,(H,25,30). The zero-order valence-electron chi connectivity index (χ0n) is 17.0. The molecular formula is C22H23F2N3O4. The fraction of sp³-hybridized carbons (Fsp3) is 0.409. The quantitative estimate of drug-likeness (QED) is 0.778. The summed E-state index contributed by atoms with van der Waals surface area (Å²) in [5, 5.41) is 13.0. The fourth-order valence-corrected chi connectivity index (χ4v) is 4.33. The number of hydrogen-bond donors (Lipinski definition) is 2. The topological polar surface area (TPSA) is 91.6 Å². The molecular weight excluding hydrogens is 408 g/mol. The minimum Gasteiger partial charge on any atom is -0.503 e. The molecule has 7 nitrogen and oxygen atoms in total. The minimum absolute atomic E-state index is 0.138. The third-order valence-corrected chi connectivity index (χ3v) is 6.06. The normalized spacial score (nSPS) is 20.2. The smallest absolute Gasteiger partial charge is 0.274 e. The number of halogens is 2. The lowest BCUT2D eigenvalue weighted by Crippen LogP contribution is -2.49. The van der Waals surface area contributed by atoms with Gasteiger partial charge >= 0.3 is 0 Å². The maximum atomic E-state index is 14.0. The summed E-state index contributed by atoms with van der Waals surface area (Å²) in [6, 6.07) is 3.72. The number of amides is 2. The number of carbonyl (C=O) groups excluding carboxylic acids is 2. The van der Waals surface area contributed by atoms with Crippen LogP contribution < -0.4 is 10.7 Å². The van der Waals surface area contributed by atoms with Gasteiger partial charge in [-0.05, 0) is 37.8 Å². The Balaban J connectivity index is 1.66. The number of benzene rings is 1. The lowest BCUT2D eigenvalue weighted by molar-refractivity contribution is 0.0557. The van der Waals surface area contributed by atoms with Crippen LogP contribution in [0.3, 0.4) is 0 Å². The Morgan fingerprint density at radius 1 is 1.29 bits per heavy atom. The van der Waals surface area contributed by atoms with Crippen molar-refractivity contribution in [3.63, 3.8) is 0 Å². The highest BCUT2D eigenvalue weighted by Gasteiger charge is 2.40. The van der Waals surface area contributed by atoms with E-state index < -0.39 is 41.5 Å². The van der Waals surface area contributed by atoms with Gasteiger partial charge in [0.15, 0.2) is 11.4 Å². The second kappa shape index (κ2) is 8.13. The second-order valence-corrected chi connectivity index (χ2v) is 8.10. The molecule has 1 aromatic heterocycles. The van der Waals surface area contributed by atoms with Gasteiger partial charge in [-0.25, -0.2) is 8.78 Å². The van der Waals surface area contributed by atoms with Crippen LogP contribution in [0, 0.1) is 12.7 Å². The van der Waals surface area contributed by atoms with Gasteiger partial charge < -0.3 is 19.9 Å². The molecule has 0 aliphatic carbocycles. The number of rotatable bonds is 4. The Labute approximate surface area is 177 Å². The van der Waals surface area contributed by atoms with Crippen LogP contribution in [0.25, 0.3) is 0 Å². The van der Waals surface area contributed by atoms with Crippen LogP contribution in [-0.2, 0) is 6.54 Å². The number of aryl methyl sites for hydroxylation is 1. The molecule has 2 atom stereocenters. The fourth-order valence-electron chi connectivity index (χ4n) is 4.33. The largest absolute Gasteiger partial charge is 0.503 e. The van der Waals surface area contributed by atoms with E-state index in [2.05, 4.69) is 5.32 Å². The number of carbonyl (C=O) groups is 2. The summed E-state index contributed by atoms with van der Waals surface area (Å²) < 4.78 is 28.9. The van der Waals surface area contributed by atoms with E-state index in [1.165, 1.54) is 21.7 Å². The van der Waals surface area contributed by atoms with Crippen molar-refractivity contribution in [3.8, 4) is 5.75 Å². The number of hydrogen-bond acceptors (Lipinski definition) is 4. The van der Waals surface area contributed by atoms with Gasteiger partial charge in [0.2, 0.25) is 5.43 Å². The molecule has 2 amide bonds. The van der Waals surface area contributed by atoms with E-state index in [9.17, 15) is 28.3 Å². The van der Waals surface area contributed by atoms with Crippen LogP contribution in [0.1, 0.15) is 57.3 Å². The lowest BCUT2D eigenvalue weighted by Gasteiger charge is -2.37. The lowest BCUT2D eigenvalue weighted by atomic mass is 10.1. The third-order valence-electron chi connectivity index (χ3n) is 6.06. The zero-order valence-corrected chi connectivity index (χ0v) is 17.0. The molecule has 2 aliphatic rings. The van der Waals surface area contributed by atoms with Crippen LogP contribution >= 0.6 is 0 Å². The van der Waals surface area contributed by atoms with Crippen molar-refractivity contribution in [1.82, 2.24) is 14.8 Å². The number of fused-ring (bicyclic) bond motifs is 4. The average molecular weight is 431 g/mol. The molecule has 1 saturated heterocycles. The Morgan fingerprint density at radius 2 is 2.06 bits per heavy atom. The number of pyridine rings is 1. The summed E-state index contributed by atoms with van der Waals surface area (Å²) in [5.74, 6) is -2.70. The van der Waals surface area contributed by atoms with Crippen molar-refractivity contribution >= 4 is 11.8 Å². The Hall–Kier alpha value is -3.23. The van der Waals surface area contributed by atoms with Crippen molar-refractivity contribution in [2.45, 2.75) is 44.8 Å². The van der Waals surface area contributed by atoms with E-state index in [0.717, 1.165) is 5.56 Å². The first-order chi connectivity index (χ1) is 14.8. The molecule has 164 valence electrons. The molecule has 2 aromatic rings. The van der Waals surface area contributed by atoms with E-state index in [1.54, 1.807) is 19.1 Å². The summed E-state index contributed by atoms with van der Waals surface area (Å²) in [6.07, 6.45) is 3.05. The van der Waals surface area contributed by atoms with E-state index >= 15 is 0 Å². The van der Waals surface area contributed by atoms with Crippen molar-refractivity contribution < 1.29 is 23.5 Å². The molecule has 2 aliphatic heterocycles. The second-order valence-electron chi connectivity index (χ2n) is 8.10. The van der Waals surface area contributed by atoms with Gasteiger partial charge in [-0.3, -0.25) is 14.4 Å². The van der Waals surface area contributed by atoms with Crippen LogP contribution in [0.15, 0.2) is 29.2 Å². The average Bonchev–Trinajstić information content (AvgIpc) is 2.93. The van der Waals surface area contributed by atoms with Gasteiger partial charge in [-0.1, -0.05) is 12.1 Å². The highest BCUT2D eigenvalue weighted by Crippen LogP contribution is 2.34. The van der Waals surface area contributed by atoms with E-state index in [0.29, 0.717) is 19.3 Å². The van der Waals surface area contributed by atoms with Gasteiger partial charge in [0, 0.05) is 24.8 Å². The molecule has 0 spiro atoms. The summed E-state index contributed by atoms with van der Waals surface area (Å²) in [4.78, 5) is 39.6. The van der Waals surface area contributed by atoms with E-state index in [4.69, 9.17) is 0 Å². The molecule has 31 heavy (non-hydrogen) atoms. The summed E-state index contributed by atoms with van der Waals surface area (Å²) in [7, 11) is 0. The predicted molar refractivity (Wildman–Crippen MR) is 108 cm³/mol. The number of nitrogens with zero attached hydrogens (tertiary/aromatic N) is 2. The molecule has 2 unspecified atom stereocenters. The van der Waals surface area contributed by atoms with Crippen molar-refractivity contribution in [1.29, 1.82) is 0 Å². The van der Waals surface area contributed by atoms with Crippen LogP contribution in [0.2, 0.25) is 0 Å². The van der Waals surface area contributed by atoms with Crippen molar-refractivity contribution in [3.05, 3.63) is 62.8 Å². The molecule has 0 radical (unpaired) electrons. The highest BCUT2D eigenvalue weighted by atomic mass is 19.1. The molecule has 2 bridgehead atoms. The Bertz CT molecular complexity index is 1110. The first-order valence-corrected chi connectivity index (χ1v) is 10.2. The van der Waals surface area contributed by atoms with Gasteiger partial charge in [0.05, 0.1) is 12.1 Å². The number of alkyl halides is 1. The van der Waals surface area contributed by atoms with E-state index in [-0.39, 0.29) is 36.0 Å². The maximum absolute atomic E-state index is 14.0. The molecule has 1 fully saturated rings. The predicted octanol–water partition coefficient (Wildman–Crippen LogP) is 2.45. The summed E-state index contributed by atoms with van der Waals surface area (Å²) in [5.41, 5.74) is -0.544. The number of aromatic hydroxyl groups is 1. The summed E-state index contributed by atoms with van der Waals surface area (Å²) >= 11 is 0. The first kappa shape index (κ1) is 21.0. The highest BCUT2D eigenvalue weighted by molar-refractivity contribution is 5.99. The van der Waals surface area contributed by atoms with Gasteiger partial charge in [-0.2, -0.15) is 0 Å². The SMILES string of the molecule is Cc1ccc(CNC(=O)c2cn3c(c(O)c2=O)C(=O)N2CC3CCCC2CF)c(F)c1. The van der Waals surface area contributed by atoms with Crippen LogP contribution in [0.5, 0.6) is 5.75 Å². The Kier molecular flexibility index (Phi) is 5.51. The number of aromatic nitrogens is 1. The molecule has 3 heterocycles. The number of nitrogens with one attached hydrogen (secondary N) is 1. The first-order valence-electron chi connectivity index (χ1n) is 10.2. The molecule has 0 saturated carbocycles. The Morgan fingerprint density at radius 3 is 2.77 bits per heavy atom. The van der Waals surface area contributed by atoms with Gasteiger partial charge in [0.1, 0.15) is 18.1 Å². The molecule has 4 rings (SSSR count). The molecule has 1 aromatic carbocycles. The third kappa shape index (κ3) is 3.68. The molecule has 9 heteroatoms. The monoisotopic (exact) mass is 431 g/mol. The van der Waals surface area contributed by atoms with Gasteiger partial charge in [-0.15, -0.1) is 0 Å².